The lowest BCUT2D eigenvalue weighted by molar-refractivity contribution is 1.25. The van der Waals surface area contributed by atoms with Gasteiger partial charge in [-0.2, -0.15) is 0 Å². The minimum atomic E-state index is 0. The van der Waals surface area contributed by atoms with E-state index in [1.807, 2.05) is 13.8 Å². The molecule has 0 aliphatic heterocycles. The molecule has 2 rings (SSSR count). The van der Waals surface area contributed by atoms with Gasteiger partial charge >= 0.3 is 0 Å². The number of hydrogen-bond acceptors (Lipinski definition) is 0. The molecular weight excluding hydrogens is 158 g/mol. The van der Waals surface area contributed by atoms with E-state index < -0.39 is 0 Å². The Morgan fingerprint density at radius 1 is 1.08 bits per heavy atom. The molecule has 0 atom stereocenters. The van der Waals surface area contributed by atoms with Gasteiger partial charge in [0, 0.05) is 18.0 Å². The summed E-state index contributed by atoms with van der Waals surface area (Å²) in [6.07, 6.45) is 0. The average molecular weight is 177 g/mol. The number of aromatic nitrogens is 1. The van der Waals surface area contributed by atoms with Gasteiger partial charge in [0.25, 0.3) is 0 Å². The van der Waals surface area contributed by atoms with E-state index in [0.29, 0.717) is 0 Å². The highest BCUT2D eigenvalue weighted by atomic mass is 14.7. The maximum absolute atomic E-state index is 3.33. The van der Waals surface area contributed by atoms with Crippen LogP contribution in [0.25, 0.3) is 10.9 Å². The largest absolute Gasteiger partial charge is 0.358 e. The molecule has 1 heterocycles. The van der Waals surface area contributed by atoms with Crippen molar-refractivity contribution in [1.29, 1.82) is 0 Å². The summed E-state index contributed by atoms with van der Waals surface area (Å²) in [4.78, 5) is 3.33. The SMILES string of the molecule is CC.Cc1[nH]c2ccccc2c1C.[HH]. The zero-order valence-electron chi connectivity index (χ0n) is 8.81. The summed E-state index contributed by atoms with van der Waals surface area (Å²) in [6, 6.07) is 8.38. The summed E-state index contributed by atoms with van der Waals surface area (Å²) >= 11 is 0. The Hall–Kier alpha value is -1.24. The Labute approximate surface area is 81.3 Å². The van der Waals surface area contributed by atoms with Gasteiger partial charge < -0.3 is 4.98 Å². The van der Waals surface area contributed by atoms with Crippen LogP contribution in [-0.2, 0) is 0 Å². The van der Waals surface area contributed by atoms with Crippen LogP contribution in [0.5, 0.6) is 0 Å². The number of hydrogen-bond donors (Lipinski definition) is 1. The van der Waals surface area contributed by atoms with Crippen LogP contribution in [-0.4, -0.2) is 4.98 Å². The van der Waals surface area contributed by atoms with E-state index in [2.05, 4.69) is 43.1 Å². The van der Waals surface area contributed by atoms with Crippen LogP contribution in [0, 0.1) is 13.8 Å². The second kappa shape index (κ2) is 4.13. The summed E-state index contributed by atoms with van der Waals surface area (Å²) in [5, 5.41) is 1.34. The summed E-state index contributed by atoms with van der Waals surface area (Å²) in [7, 11) is 0. The van der Waals surface area contributed by atoms with Gasteiger partial charge in [0.15, 0.2) is 0 Å². The van der Waals surface area contributed by atoms with Crippen molar-refractivity contribution in [3.05, 3.63) is 35.5 Å². The molecule has 0 unspecified atom stereocenters. The van der Waals surface area contributed by atoms with Crippen molar-refractivity contribution in [3.63, 3.8) is 0 Å². The molecule has 0 aliphatic carbocycles. The van der Waals surface area contributed by atoms with Gasteiger partial charge in [0.2, 0.25) is 0 Å². The Morgan fingerprint density at radius 2 is 1.69 bits per heavy atom. The number of aryl methyl sites for hydroxylation is 2. The average Bonchev–Trinajstić information content (AvgIpc) is 2.47. The molecule has 0 fully saturated rings. The topological polar surface area (TPSA) is 15.8 Å². The van der Waals surface area contributed by atoms with Crippen molar-refractivity contribution in [2.24, 2.45) is 0 Å². The first-order chi connectivity index (χ1) is 6.29. The zero-order valence-corrected chi connectivity index (χ0v) is 8.81. The Balaban J connectivity index is 0.000000531. The predicted molar refractivity (Wildman–Crippen MR) is 61.2 cm³/mol. The molecule has 0 saturated carbocycles. The van der Waals surface area contributed by atoms with Gasteiger partial charge in [-0.25, -0.2) is 0 Å². The van der Waals surface area contributed by atoms with E-state index in [-0.39, 0.29) is 1.43 Å². The number of benzene rings is 1. The first-order valence-corrected chi connectivity index (χ1v) is 4.83. The van der Waals surface area contributed by atoms with Crippen LogP contribution in [0.4, 0.5) is 0 Å². The van der Waals surface area contributed by atoms with Crippen LogP contribution >= 0.6 is 0 Å². The number of nitrogens with one attached hydrogen (secondary N) is 1. The zero-order chi connectivity index (χ0) is 9.84. The molecule has 0 amide bonds. The Kier molecular flexibility index (Phi) is 3.13. The van der Waals surface area contributed by atoms with Gasteiger partial charge in [0.05, 0.1) is 0 Å². The first kappa shape index (κ1) is 9.85. The van der Waals surface area contributed by atoms with Crippen LogP contribution in [0.2, 0.25) is 0 Å². The fraction of sp³-hybridized carbons (Fsp3) is 0.333. The van der Waals surface area contributed by atoms with E-state index >= 15 is 0 Å². The van der Waals surface area contributed by atoms with Gasteiger partial charge in [-0.15, -0.1) is 0 Å². The molecule has 0 aliphatic rings. The summed E-state index contributed by atoms with van der Waals surface area (Å²) in [6.45, 7) is 8.25. The van der Waals surface area contributed by atoms with Crippen LogP contribution in [0.15, 0.2) is 24.3 Å². The van der Waals surface area contributed by atoms with E-state index in [4.69, 9.17) is 0 Å². The second-order valence-corrected chi connectivity index (χ2v) is 2.92. The first-order valence-electron chi connectivity index (χ1n) is 4.83. The van der Waals surface area contributed by atoms with Crippen molar-refractivity contribution in [2.45, 2.75) is 27.7 Å². The minimum Gasteiger partial charge on any atom is -0.358 e. The Morgan fingerprint density at radius 3 is 2.31 bits per heavy atom. The smallest absolute Gasteiger partial charge is 0.0458 e. The molecule has 72 valence electrons. The number of para-hydroxylation sites is 1. The van der Waals surface area contributed by atoms with Crippen molar-refractivity contribution < 1.29 is 1.43 Å². The number of aromatic amines is 1. The van der Waals surface area contributed by atoms with Gasteiger partial charge in [-0.1, -0.05) is 32.0 Å². The number of fused-ring (bicyclic) bond motifs is 1. The molecular formula is C12H19N. The molecule has 13 heavy (non-hydrogen) atoms. The third-order valence-corrected chi connectivity index (χ3v) is 2.22. The van der Waals surface area contributed by atoms with Gasteiger partial charge in [0.1, 0.15) is 0 Å². The van der Waals surface area contributed by atoms with E-state index in [1.54, 1.807) is 0 Å². The fourth-order valence-corrected chi connectivity index (χ4v) is 1.42. The highest BCUT2D eigenvalue weighted by Crippen LogP contribution is 2.19. The van der Waals surface area contributed by atoms with Crippen LogP contribution in [0.1, 0.15) is 26.5 Å². The van der Waals surface area contributed by atoms with E-state index in [9.17, 15) is 0 Å². The van der Waals surface area contributed by atoms with Crippen molar-refractivity contribution >= 4 is 10.9 Å². The molecule has 1 N–H and O–H groups in total. The molecule has 0 radical (unpaired) electrons. The Bertz CT molecular complexity index is 390. The summed E-state index contributed by atoms with van der Waals surface area (Å²) in [5.74, 6) is 0. The van der Waals surface area contributed by atoms with Crippen LogP contribution < -0.4 is 0 Å². The third kappa shape index (κ3) is 1.74. The van der Waals surface area contributed by atoms with Crippen molar-refractivity contribution in [2.75, 3.05) is 0 Å². The highest BCUT2D eigenvalue weighted by Gasteiger charge is 2.00. The highest BCUT2D eigenvalue weighted by molar-refractivity contribution is 5.84. The molecule has 1 nitrogen and oxygen atoms in total. The van der Waals surface area contributed by atoms with Crippen molar-refractivity contribution in [1.82, 2.24) is 4.98 Å². The lowest BCUT2D eigenvalue weighted by atomic mass is 10.2. The molecule has 0 spiro atoms. The monoisotopic (exact) mass is 177 g/mol. The lowest BCUT2D eigenvalue weighted by Crippen LogP contribution is -1.70. The molecule has 1 aromatic carbocycles. The van der Waals surface area contributed by atoms with Crippen molar-refractivity contribution in [3.8, 4) is 0 Å². The summed E-state index contributed by atoms with van der Waals surface area (Å²) < 4.78 is 0. The minimum absolute atomic E-state index is 0. The summed E-state index contributed by atoms with van der Waals surface area (Å²) in [5.41, 5.74) is 3.87. The molecule has 1 aromatic heterocycles. The normalized spacial score (nSPS) is 9.54. The maximum atomic E-state index is 3.33. The number of rotatable bonds is 0. The van der Waals surface area contributed by atoms with Gasteiger partial charge in [-0.3, -0.25) is 0 Å². The van der Waals surface area contributed by atoms with E-state index in [0.717, 1.165) is 0 Å². The molecule has 1 heteroatoms. The second-order valence-electron chi connectivity index (χ2n) is 2.92. The quantitative estimate of drug-likeness (QED) is 0.624. The predicted octanol–water partition coefficient (Wildman–Crippen LogP) is 4.06. The fourth-order valence-electron chi connectivity index (χ4n) is 1.42. The third-order valence-electron chi connectivity index (χ3n) is 2.22. The van der Waals surface area contributed by atoms with Gasteiger partial charge in [-0.05, 0) is 25.5 Å². The molecule has 2 aromatic rings. The number of H-pyrrole nitrogens is 1. The van der Waals surface area contributed by atoms with E-state index in [1.165, 1.54) is 22.2 Å². The lowest BCUT2D eigenvalue weighted by Gasteiger charge is -1.87. The maximum Gasteiger partial charge on any atom is 0.0458 e. The standard InChI is InChI=1S/C10H11N.C2H6.H2/c1-7-8(2)11-10-6-4-3-5-9(7)10;1-2;/h3-6,11H,1-2H3;1-2H3;1H. The molecule has 0 bridgehead atoms. The van der Waals surface area contributed by atoms with Crippen LogP contribution in [0.3, 0.4) is 0 Å². The molecule has 0 saturated heterocycles.